The minimum Gasteiger partial charge on any atom is -0.497 e. The number of amides is 1. The number of carbonyl (C=O) groups excluding carboxylic acids is 1. The number of rotatable bonds is 4. The first-order chi connectivity index (χ1) is 11.2. The van der Waals surface area contributed by atoms with Crippen LogP contribution in [0.1, 0.15) is 15.9 Å². The summed E-state index contributed by atoms with van der Waals surface area (Å²) in [7, 11) is 1.62. The van der Waals surface area contributed by atoms with E-state index in [1.165, 1.54) is 0 Å². The summed E-state index contributed by atoms with van der Waals surface area (Å²) in [6, 6.07) is 12.3. The second-order valence-electron chi connectivity index (χ2n) is 4.86. The zero-order valence-corrected chi connectivity index (χ0v) is 13.1. The normalized spacial score (nSPS) is 11.0. The van der Waals surface area contributed by atoms with Gasteiger partial charge in [0.1, 0.15) is 5.75 Å². The van der Waals surface area contributed by atoms with Crippen LogP contribution in [0.15, 0.2) is 53.8 Å². The molecule has 0 aliphatic carbocycles. The van der Waals surface area contributed by atoms with Gasteiger partial charge in [0.25, 0.3) is 5.91 Å². The fraction of sp³-hybridized carbons (Fsp3) is 0.0588. The number of nitrogens with zero attached hydrogens (tertiary/aromatic N) is 1. The lowest BCUT2D eigenvalue weighted by Crippen LogP contribution is -2.17. The highest BCUT2D eigenvalue weighted by atomic mass is 35.5. The molecule has 0 unspecified atom stereocenters. The molecule has 3 rings (SSSR count). The number of aromatic amines is 1. The number of methoxy groups -OCH3 is 1. The first-order valence-electron chi connectivity index (χ1n) is 6.91. The molecule has 1 aromatic heterocycles. The minimum absolute atomic E-state index is 0.296. The van der Waals surface area contributed by atoms with E-state index in [2.05, 4.69) is 15.5 Å². The molecule has 0 radical (unpaired) electrons. The van der Waals surface area contributed by atoms with E-state index in [1.807, 2.05) is 24.4 Å². The maximum Gasteiger partial charge on any atom is 0.271 e. The number of aromatic nitrogens is 1. The number of halogens is 1. The predicted octanol–water partition coefficient (Wildman–Crippen LogP) is 3.59. The molecule has 0 atom stereocenters. The van der Waals surface area contributed by atoms with E-state index >= 15 is 0 Å². The van der Waals surface area contributed by atoms with E-state index in [0.717, 1.165) is 22.2 Å². The zero-order valence-electron chi connectivity index (χ0n) is 12.3. The van der Waals surface area contributed by atoms with E-state index in [1.54, 1.807) is 37.6 Å². The molecule has 0 spiro atoms. The monoisotopic (exact) mass is 327 g/mol. The Balaban J connectivity index is 1.75. The van der Waals surface area contributed by atoms with Crippen molar-refractivity contribution in [2.24, 2.45) is 5.10 Å². The summed E-state index contributed by atoms with van der Waals surface area (Å²) >= 11 is 5.79. The molecule has 0 aliphatic heterocycles. The van der Waals surface area contributed by atoms with Crippen LogP contribution in [-0.4, -0.2) is 24.2 Å². The van der Waals surface area contributed by atoms with Gasteiger partial charge >= 0.3 is 0 Å². The van der Waals surface area contributed by atoms with Crippen molar-refractivity contribution in [1.82, 2.24) is 10.4 Å². The molecule has 6 heteroatoms. The summed E-state index contributed by atoms with van der Waals surface area (Å²) in [5.74, 6) is 0.465. The third-order valence-electron chi connectivity index (χ3n) is 3.40. The van der Waals surface area contributed by atoms with Crippen LogP contribution in [-0.2, 0) is 0 Å². The van der Waals surface area contributed by atoms with Gasteiger partial charge in [0, 0.05) is 33.2 Å². The molecule has 0 bridgehead atoms. The van der Waals surface area contributed by atoms with Crippen molar-refractivity contribution in [2.75, 3.05) is 7.11 Å². The van der Waals surface area contributed by atoms with Gasteiger partial charge in [-0.15, -0.1) is 0 Å². The smallest absolute Gasteiger partial charge is 0.271 e. The fourth-order valence-electron chi connectivity index (χ4n) is 2.18. The van der Waals surface area contributed by atoms with Crippen molar-refractivity contribution in [2.45, 2.75) is 0 Å². The lowest BCUT2D eigenvalue weighted by Gasteiger charge is -2.00. The second-order valence-corrected chi connectivity index (χ2v) is 5.30. The number of hydrogen-bond donors (Lipinski definition) is 2. The van der Waals surface area contributed by atoms with Gasteiger partial charge in [-0.3, -0.25) is 4.79 Å². The van der Waals surface area contributed by atoms with Crippen molar-refractivity contribution in [3.63, 3.8) is 0 Å². The topological polar surface area (TPSA) is 66.5 Å². The molecule has 3 aromatic rings. The highest BCUT2D eigenvalue weighted by Crippen LogP contribution is 2.22. The number of nitrogens with one attached hydrogen (secondary N) is 2. The lowest BCUT2D eigenvalue weighted by molar-refractivity contribution is 0.0955. The van der Waals surface area contributed by atoms with Gasteiger partial charge in [-0.05, 0) is 42.5 Å². The molecule has 0 aliphatic rings. The van der Waals surface area contributed by atoms with E-state index in [9.17, 15) is 4.79 Å². The number of carbonyl (C=O) groups is 1. The molecule has 116 valence electrons. The Morgan fingerprint density at radius 3 is 2.78 bits per heavy atom. The molecule has 0 fully saturated rings. The van der Waals surface area contributed by atoms with Crippen LogP contribution in [0.4, 0.5) is 0 Å². The van der Waals surface area contributed by atoms with Gasteiger partial charge < -0.3 is 9.72 Å². The van der Waals surface area contributed by atoms with Crippen molar-refractivity contribution in [3.8, 4) is 5.75 Å². The summed E-state index contributed by atoms with van der Waals surface area (Å²) in [6.07, 6.45) is 3.41. The first-order valence-corrected chi connectivity index (χ1v) is 7.29. The number of fused-ring (bicyclic) bond motifs is 1. The van der Waals surface area contributed by atoms with Crippen LogP contribution in [0, 0.1) is 0 Å². The Bertz CT molecular complexity index is 869. The predicted molar refractivity (Wildman–Crippen MR) is 91.4 cm³/mol. The average Bonchev–Trinajstić information content (AvgIpc) is 2.97. The van der Waals surface area contributed by atoms with Crippen molar-refractivity contribution in [1.29, 1.82) is 0 Å². The number of benzene rings is 2. The largest absolute Gasteiger partial charge is 0.497 e. The average molecular weight is 328 g/mol. The molecule has 23 heavy (non-hydrogen) atoms. The number of hydrazone groups is 1. The Labute approximate surface area is 137 Å². The fourth-order valence-corrected chi connectivity index (χ4v) is 2.31. The Kier molecular flexibility index (Phi) is 4.30. The van der Waals surface area contributed by atoms with Crippen LogP contribution in [0.5, 0.6) is 5.75 Å². The summed E-state index contributed by atoms with van der Waals surface area (Å²) in [5, 5.41) is 5.55. The molecular weight excluding hydrogens is 314 g/mol. The van der Waals surface area contributed by atoms with Gasteiger partial charge in [-0.2, -0.15) is 5.10 Å². The van der Waals surface area contributed by atoms with Crippen LogP contribution >= 0.6 is 11.6 Å². The summed E-state index contributed by atoms with van der Waals surface area (Å²) in [5.41, 5.74) is 4.81. The van der Waals surface area contributed by atoms with Crippen LogP contribution in [0.3, 0.4) is 0 Å². The highest BCUT2D eigenvalue weighted by Gasteiger charge is 2.05. The standard InChI is InChI=1S/C17H14ClN3O2/c1-23-14-6-7-16-15(8-14)12(9-19-16)10-20-21-17(22)11-2-4-13(18)5-3-11/h2-10,19H,1H3,(H,21,22)/b20-10-. The third-order valence-corrected chi connectivity index (χ3v) is 3.65. The van der Waals surface area contributed by atoms with Crippen LogP contribution in [0.2, 0.25) is 5.02 Å². The van der Waals surface area contributed by atoms with Crippen LogP contribution in [0.25, 0.3) is 10.9 Å². The molecule has 0 saturated heterocycles. The minimum atomic E-state index is -0.296. The zero-order chi connectivity index (χ0) is 16.2. The van der Waals surface area contributed by atoms with Crippen molar-refractivity contribution < 1.29 is 9.53 Å². The maximum absolute atomic E-state index is 12.0. The molecule has 2 aromatic carbocycles. The van der Waals surface area contributed by atoms with Crippen molar-refractivity contribution in [3.05, 3.63) is 64.8 Å². The maximum atomic E-state index is 12.0. The summed E-state index contributed by atoms with van der Waals surface area (Å²) < 4.78 is 5.22. The summed E-state index contributed by atoms with van der Waals surface area (Å²) in [6.45, 7) is 0. The van der Waals surface area contributed by atoms with E-state index in [-0.39, 0.29) is 5.91 Å². The third kappa shape index (κ3) is 3.35. The molecule has 2 N–H and O–H groups in total. The Morgan fingerprint density at radius 2 is 2.04 bits per heavy atom. The van der Waals surface area contributed by atoms with Crippen LogP contribution < -0.4 is 10.2 Å². The van der Waals surface area contributed by atoms with E-state index in [0.29, 0.717) is 10.6 Å². The molecule has 1 heterocycles. The number of ether oxygens (including phenoxy) is 1. The van der Waals surface area contributed by atoms with E-state index < -0.39 is 0 Å². The molecule has 5 nitrogen and oxygen atoms in total. The highest BCUT2D eigenvalue weighted by molar-refractivity contribution is 6.30. The SMILES string of the molecule is COc1ccc2[nH]cc(/C=N\NC(=O)c3ccc(Cl)cc3)c2c1. The van der Waals surface area contributed by atoms with Gasteiger partial charge in [0.15, 0.2) is 0 Å². The van der Waals surface area contributed by atoms with Gasteiger partial charge in [-0.25, -0.2) is 5.43 Å². The van der Waals surface area contributed by atoms with Crippen molar-refractivity contribution >= 4 is 34.6 Å². The quantitative estimate of drug-likeness (QED) is 0.568. The van der Waals surface area contributed by atoms with E-state index in [4.69, 9.17) is 16.3 Å². The van der Waals surface area contributed by atoms with Gasteiger partial charge in [-0.1, -0.05) is 11.6 Å². The summed E-state index contributed by atoms with van der Waals surface area (Å²) in [4.78, 5) is 15.1. The molecule has 1 amide bonds. The molecular formula is C17H14ClN3O2. The number of H-pyrrole nitrogens is 1. The Hall–Kier alpha value is -2.79. The number of hydrogen-bond acceptors (Lipinski definition) is 3. The molecule has 0 saturated carbocycles. The second kappa shape index (κ2) is 6.54. The van der Waals surface area contributed by atoms with Gasteiger partial charge in [0.05, 0.1) is 13.3 Å². The van der Waals surface area contributed by atoms with Gasteiger partial charge in [0.2, 0.25) is 0 Å². The first kappa shape index (κ1) is 15.1. The lowest BCUT2D eigenvalue weighted by atomic mass is 10.2. The Morgan fingerprint density at radius 1 is 1.26 bits per heavy atom.